The Kier molecular flexibility index (Phi) is 6.84. The highest BCUT2D eigenvalue weighted by Crippen LogP contribution is 2.32. The third-order valence-electron chi connectivity index (χ3n) is 4.69. The van der Waals surface area contributed by atoms with Gasteiger partial charge in [-0.1, -0.05) is 18.2 Å². The third-order valence-corrected chi connectivity index (χ3v) is 4.69. The Hall–Kier alpha value is -4.34. The molecule has 0 atom stereocenters. The highest BCUT2D eigenvalue weighted by atomic mass is 16.6. The normalized spacial score (nSPS) is 12.0. The molecule has 2 N–H and O–H groups in total. The second-order valence-electron chi connectivity index (χ2n) is 7.15. The van der Waals surface area contributed by atoms with Crippen molar-refractivity contribution in [1.29, 1.82) is 0 Å². The molecule has 0 saturated carbocycles. The average Bonchev–Trinajstić information content (AvgIpc) is 3.31. The number of esters is 1. The van der Waals surface area contributed by atoms with E-state index in [2.05, 4.69) is 15.7 Å². The van der Waals surface area contributed by atoms with Crippen LogP contribution in [0.5, 0.6) is 11.5 Å². The molecule has 10 nitrogen and oxygen atoms in total. The summed E-state index contributed by atoms with van der Waals surface area (Å²) in [6, 6.07) is 13.7. The molecule has 0 radical (unpaired) electrons. The van der Waals surface area contributed by atoms with Gasteiger partial charge in [-0.25, -0.2) is 9.48 Å². The van der Waals surface area contributed by atoms with E-state index in [4.69, 9.17) is 14.2 Å². The van der Waals surface area contributed by atoms with Crippen molar-refractivity contribution in [3.8, 4) is 17.2 Å². The van der Waals surface area contributed by atoms with Crippen LogP contribution in [0.25, 0.3) is 5.69 Å². The molecule has 0 fully saturated rings. The van der Waals surface area contributed by atoms with Crippen LogP contribution in [0.2, 0.25) is 0 Å². The Labute approximate surface area is 189 Å². The molecule has 2 aromatic carbocycles. The number of hydrogen-bond acceptors (Lipinski definition) is 7. The summed E-state index contributed by atoms with van der Waals surface area (Å²) in [4.78, 5) is 35.9. The molecule has 3 amide bonds. The quantitative estimate of drug-likeness (QED) is 0.531. The predicted molar refractivity (Wildman–Crippen MR) is 117 cm³/mol. The first kappa shape index (κ1) is 21.9. The minimum Gasteiger partial charge on any atom is -0.486 e. The number of urea groups is 1. The summed E-state index contributed by atoms with van der Waals surface area (Å²) in [7, 11) is 0. The number of aromatic nitrogens is 2. The predicted octanol–water partition coefficient (Wildman–Crippen LogP) is 2.47. The molecule has 0 aliphatic carbocycles. The first-order valence-corrected chi connectivity index (χ1v) is 10.3. The number of imide groups is 1. The van der Waals surface area contributed by atoms with E-state index in [9.17, 15) is 14.4 Å². The van der Waals surface area contributed by atoms with Crippen molar-refractivity contribution in [2.24, 2.45) is 0 Å². The van der Waals surface area contributed by atoms with Crippen molar-refractivity contribution >= 4 is 23.6 Å². The summed E-state index contributed by atoms with van der Waals surface area (Å²) in [6.07, 6.45) is 4.00. The Morgan fingerprint density at radius 2 is 1.82 bits per heavy atom. The van der Waals surface area contributed by atoms with E-state index in [1.807, 2.05) is 36.5 Å². The van der Waals surface area contributed by atoms with Gasteiger partial charge in [0.2, 0.25) is 0 Å². The van der Waals surface area contributed by atoms with E-state index in [1.165, 1.54) is 0 Å². The van der Waals surface area contributed by atoms with E-state index < -0.39 is 24.5 Å². The molecular formula is C23H22N4O6. The van der Waals surface area contributed by atoms with Gasteiger partial charge >= 0.3 is 12.0 Å². The molecule has 1 aliphatic rings. The summed E-state index contributed by atoms with van der Waals surface area (Å²) in [5, 5.41) is 8.89. The molecule has 170 valence electrons. The number of hydrogen-bond donors (Lipinski definition) is 2. The van der Waals surface area contributed by atoms with E-state index in [0.717, 1.165) is 11.3 Å². The SMILES string of the molecule is O=C(COC(=O)CCc1cnn(-c2ccccc2)c1)NC(=O)Nc1ccc2c(c1)OCCO2. The number of rotatable bonds is 7. The molecule has 0 spiro atoms. The van der Waals surface area contributed by atoms with Gasteiger partial charge < -0.3 is 19.5 Å². The zero-order chi connectivity index (χ0) is 23.0. The van der Waals surface area contributed by atoms with Crippen LogP contribution in [0.3, 0.4) is 0 Å². The van der Waals surface area contributed by atoms with Crippen LogP contribution in [-0.4, -0.2) is 47.5 Å². The van der Waals surface area contributed by atoms with Crippen molar-refractivity contribution < 1.29 is 28.6 Å². The lowest BCUT2D eigenvalue weighted by Gasteiger charge is -2.19. The second-order valence-corrected chi connectivity index (χ2v) is 7.15. The summed E-state index contributed by atoms with van der Waals surface area (Å²) in [5.74, 6) is -0.198. The first-order chi connectivity index (χ1) is 16.1. The number of fused-ring (bicyclic) bond motifs is 1. The number of carbonyl (C=O) groups is 3. The Bertz CT molecular complexity index is 1140. The fraction of sp³-hybridized carbons (Fsp3) is 0.217. The van der Waals surface area contributed by atoms with Crippen molar-refractivity contribution in [3.63, 3.8) is 0 Å². The van der Waals surface area contributed by atoms with E-state index >= 15 is 0 Å². The molecule has 1 aromatic heterocycles. The van der Waals surface area contributed by atoms with Crippen molar-refractivity contribution in [3.05, 3.63) is 66.5 Å². The van der Waals surface area contributed by atoms with Gasteiger partial charge in [0.05, 0.1) is 11.9 Å². The molecule has 1 aliphatic heterocycles. The zero-order valence-corrected chi connectivity index (χ0v) is 17.7. The van der Waals surface area contributed by atoms with Gasteiger partial charge in [-0.05, 0) is 36.2 Å². The monoisotopic (exact) mass is 450 g/mol. The number of anilines is 1. The second kappa shape index (κ2) is 10.3. The highest BCUT2D eigenvalue weighted by molar-refractivity contribution is 6.02. The molecule has 33 heavy (non-hydrogen) atoms. The molecule has 2 heterocycles. The Balaban J connectivity index is 1.17. The fourth-order valence-corrected chi connectivity index (χ4v) is 3.12. The van der Waals surface area contributed by atoms with Gasteiger partial charge in [0.25, 0.3) is 5.91 Å². The molecular weight excluding hydrogens is 428 g/mol. The number of ether oxygens (including phenoxy) is 3. The van der Waals surface area contributed by atoms with E-state index in [0.29, 0.717) is 36.8 Å². The summed E-state index contributed by atoms with van der Waals surface area (Å²) >= 11 is 0. The molecule has 0 unspecified atom stereocenters. The molecule has 4 rings (SSSR count). The van der Waals surface area contributed by atoms with Crippen LogP contribution in [0.15, 0.2) is 60.9 Å². The Morgan fingerprint density at radius 3 is 2.64 bits per heavy atom. The lowest BCUT2D eigenvalue weighted by molar-refractivity contribution is -0.148. The highest BCUT2D eigenvalue weighted by Gasteiger charge is 2.15. The number of para-hydroxylation sites is 1. The van der Waals surface area contributed by atoms with E-state index in [-0.39, 0.29) is 6.42 Å². The van der Waals surface area contributed by atoms with Gasteiger partial charge in [0.15, 0.2) is 18.1 Å². The van der Waals surface area contributed by atoms with Gasteiger partial charge in [-0.15, -0.1) is 0 Å². The third kappa shape index (κ3) is 6.10. The Morgan fingerprint density at radius 1 is 1.03 bits per heavy atom. The number of nitrogens with zero attached hydrogens (tertiary/aromatic N) is 2. The molecule has 10 heteroatoms. The van der Waals surface area contributed by atoms with Gasteiger partial charge in [0.1, 0.15) is 13.2 Å². The maximum Gasteiger partial charge on any atom is 0.325 e. The van der Waals surface area contributed by atoms with Crippen LogP contribution in [0.4, 0.5) is 10.5 Å². The number of aryl methyl sites for hydroxylation is 1. The van der Waals surface area contributed by atoms with Crippen molar-refractivity contribution in [2.75, 3.05) is 25.1 Å². The number of nitrogens with one attached hydrogen (secondary N) is 2. The van der Waals surface area contributed by atoms with E-state index in [1.54, 1.807) is 29.1 Å². The van der Waals surface area contributed by atoms with Gasteiger partial charge in [0, 0.05) is 24.4 Å². The number of carbonyl (C=O) groups excluding carboxylic acids is 3. The number of benzene rings is 2. The maximum atomic E-state index is 12.0. The maximum absolute atomic E-state index is 12.0. The minimum absolute atomic E-state index is 0.0805. The van der Waals surface area contributed by atoms with Crippen LogP contribution in [-0.2, 0) is 20.7 Å². The average molecular weight is 450 g/mol. The molecule has 0 saturated heterocycles. The molecule has 3 aromatic rings. The summed E-state index contributed by atoms with van der Waals surface area (Å²) in [5.41, 5.74) is 2.20. The summed E-state index contributed by atoms with van der Waals surface area (Å²) in [6.45, 7) is 0.323. The first-order valence-electron chi connectivity index (χ1n) is 10.3. The lowest BCUT2D eigenvalue weighted by Crippen LogP contribution is -2.37. The zero-order valence-electron chi connectivity index (χ0n) is 17.7. The van der Waals surface area contributed by atoms with Crippen molar-refractivity contribution in [1.82, 2.24) is 15.1 Å². The topological polar surface area (TPSA) is 121 Å². The number of amides is 3. The molecule has 0 bridgehead atoms. The van der Waals surface area contributed by atoms with Crippen LogP contribution in [0.1, 0.15) is 12.0 Å². The van der Waals surface area contributed by atoms with Crippen LogP contribution in [0, 0.1) is 0 Å². The smallest absolute Gasteiger partial charge is 0.325 e. The summed E-state index contributed by atoms with van der Waals surface area (Å²) < 4.78 is 17.5. The minimum atomic E-state index is -0.749. The standard InChI is InChI=1S/C23H22N4O6/c28-21(26-23(30)25-17-7-8-19-20(12-17)32-11-10-31-19)15-33-22(29)9-6-16-13-24-27(14-16)18-4-2-1-3-5-18/h1-5,7-8,12-14H,6,9-11,15H2,(H2,25,26,28,30). The lowest BCUT2D eigenvalue weighted by atomic mass is 10.2. The van der Waals surface area contributed by atoms with Gasteiger partial charge in [-0.3, -0.25) is 14.9 Å². The van der Waals surface area contributed by atoms with Crippen molar-refractivity contribution in [2.45, 2.75) is 12.8 Å². The van der Waals surface area contributed by atoms with Crippen LogP contribution >= 0.6 is 0 Å². The van der Waals surface area contributed by atoms with Gasteiger partial charge in [-0.2, -0.15) is 5.10 Å². The largest absolute Gasteiger partial charge is 0.486 e. The van der Waals surface area contributed by atoms with Crippen LogP contribution < -0.4 is 20.1 Å². The fourth-order valence-electron chi connectivity index (χ4n) is 3.12.